The minimum atomic E-state index is -5.92. The van der Waals surface area contributed by atoms with Gasteiger partial charge >= 0.3 is 21.6 Å². The summed E-state index contributed by atoms with van der Waals surface area (Å²) in [7, 11) is -5.92. The van der Waals surface area contributed by atoms with E-state index in [1.165, 1.54) is 6.08 Å². The summed E-state index contributed by atoms with van der Waals surface area (Å²) < 4.78 is 63.1. The van der Waals surface area contributed by atoms with Gasteiger partial charge in [-0.05, 0) is 29.2 Å². The molecule has 0 spiro atoms. The van der Waals surface area contributed by atoms with Crippen LogP contribution in [0.1, 0.15) is 26.3 Å². The van der Waals surface area contributed by atoms with E-state index in [0.717, 1.165) is 12.1 Å². The topological polar surface area (TPSA) is 80.7 Å². The third-order valence-electron chi connectivity index (χ3n) is 2.90. The van der Waals surface area contributed by atoms with Crippen molar-refractivity contribution in [1.29, 1.82) is 0 Å². The zero-order valence-corrected chi connectivity index (χ0v) is 15.4. The quantitative estimate of drug-likeness (QED) is 0.432. The summed E-state index contributed by atoms with van der Waals surface area (Å²) in [5.74, 6) is -2.05. The van der Waals surface area contributed by atoms with Crippen LogP contribution < -0.4 is 4.18 Å². The third-order valence-corrected chi connectivity index (χ3v) is 4.74. The molecule has 0 aliphatic rings. The number of rotatable bonds is 4. The van der Waals surface area contributed by atoms with Gasteiger partial charge in [0.1, 0.15) is 5.02 Å². The van der Waals surface area contributed by atoms with Gasteiger partial charge in [-0.25, -0.2) is 4.79 Å². The minimum absolute atomic E-state index is 0.0398. The van der Waals surface area contributed by atoms with Crippen molar-refractivity contribution in [2.75, 3.05) is 0 Å². The molecule has 5 nitrogen and oxygen atoms in total. The van der Waals surface area contributed by atoms with Crippen LogP contribution in [-0.2, 0) is 14.9 Å². The molecule has 0 saturated heterocycles. The van der Waals surface area contributed by atoms with Crippen LogP contribution in [0.2, 0.25) is 10.0 Å². The van der Waals surface area contributed by atoms with Gasteiger partial charge in [0.05, 0.1) is 5.02 Å². The number of halogens is 5. The van der Waals surface area contributed by atoms with Crippen LogP contribution in [0.25, 0.3) is 6.08 Å². The SMILES string of the molecule is CC(C)(C)C(=Cc1ccc(OS(=O)(=O)C(F)(F)F)c(Cl)c1Cl)C(=O)O. The van der Waals surface area contributed by atoms with Crippen molar-refractivity contribution in [3.05, 3.63) is 33.3 Å². The minimum Gasteiger partial charge on any atom is -0.478 e. The first-order valence-electron chi connectivity index (χ1n) is 6.52. The van der Waals surface area contributed by atoms with E-state index >= 15 is 0 Å². The van der Waals surface area contributed by atoms with E-state index in [2.05, 4.69) is 4.18 Å². The van der Waals surface area contributed by atoms with Gasteiger partial charge in [0.25, 0.3) is 0 Å². The lowest BCUT2D eigenvalue weighted by Crippen LogP contribution is -2.28. The van der Waals surface area contributed by atoms with Crippen LogP contribution in [-0.4, -0.2) is 25.0 Å². The van der Waals surface area contributed by atoms with Crippen LogP contribution >= 0.6 is 23.2 Å². The molecule has 0 unspecified atom stereocenters. The number of benzene rings is 1. The maximum absolute atomic E-state index is 12.4. The van der Waals surface area contributed by atoms with Crippen molar-refractivity contribution in [1.82, 2.24) is 0 Å². The highest BCUT2D eigenvalue weighted by Crippen LogP contribution is 2.39. The molecule has 0 saturated carbocycles. The van der Waals surface area contributed by atoms with Gasteiger partial charge in [0.15, 0.2) is 5.75 Å². The summed E-state index contributed by atoms with van der Waals surface area (Å²) in [5, 5.41) is 8.31. The number of carboxylic acids is 1. The van der Waals surface area contributed by atoms with Crippen molar-refractivity contribution in [3.8, 4) is 5.75 Å². The largest absolute Gasteiger partial charge is 0.534 e. The normalized spacial score (nSPS) is 13.7. The highest BCUT2D eigenvalue weighted by atomic mass is 35.5. The van der Waals surface area contributed by atoms with Gasteiger partial charge in [0, 0.05) is 5.57 Å². The summed E-state index contributed by atoms with van der Waals surface area (Å²) in [6.07, 6.45) is 1.19. The first-order chi connectivity index (χ1) is 11.1. The fourth-order valence-electron chi connectivity index (χ4n) is 1.64. The first-order valence-corrected chi connectivity index (χ1v) is 8.68. The maximum Gasteiger partial charge on any atom is 0.534 e. The molecule has 1 rings (SSSR count). The van der Waals surface area contributed by atoms with Crippen molar-refractivity contribution in [3.63, 3.8) is 0 Å². The van der Waals surface area contributed by atoms with Crippen LogP contribution in [0.5, 0.6) is 5.75 Å². The second-order valence-electron chi connectivity index (χ2n) is 5.88. The summed E-state index contributed by atoms with van der Waals surface area (Å²) in [6, 6.07) is 1.95. The summed E-state index contributed by atoms with van der Waals surface area (Å²) >= 11 is 11.7. The summed E-state index contributed by atoms with van der Waals surface area (Å²) in [4.78, 5) is 11.3. The number of hydrogen-bond acceptors (Lipinski definition) is 4. The Morgan fingerprint density at radius 1 is 1.16 bits per heavy atom. The van der Waals surface area contributed by atoms with Crippen LogP contribution in [0.3, 0.4) is 0 Å². The second-order valence-corrected chi connectivity index (χ2v) is 8.17. The Morgan fingerprint density at radius 3 is 2.08 bits per heavy atom. The van der Waals surface area contributed by atoms with E-state index in [0.29, 0.717) is 0 Å². The molecule has 0 aromatic heterocycles. The predicted octanol–water partition coefficient (Wildman–Crippen LogP) is 4.74. The molecule has 0 bridgehead atoms. The van der Waals surface area contributed by atoms with E-state index in [1.807, 2.05) is 0 Å². The Balaban J connectivity index is 3.41. The number of aliphatic carboxylic acids is 1. The number of hydrogen-bond donors (Lipinski definition) is 1. The third kappa shape index (κ3) is 5.02. The molecule has 1 aromatic rings. The number of carboxylic acid groups (broad SMARTS) is 1. The molecule has 11 heteroatoms. The Hall–Kier alpha value is -1.45. The van der Waals surface area contributed by atoms with E-state index in [4.69, 9.17) is 23.2 Å². The summed E-state index contributed by atoms with van der Waals surface area (Å²) in [6.45, 7) is 4.90. The fourth-order valence-corrected chi connectivity index (χ4v) is 2.58. The molecule has 0 heterocycles. The van der Waals surface area contributed by atoms with Crippen molar-refractivity contribution in [2.45, 2.75) is 26.3 Å². The Kier molecular flexibility index (Phi) is 6.09. The molecule has 0 fully saturated rings. The number of alkyl halides is 3. The van der Waals surface area contributed by atoms with Crippen LogP contribution in [0.15, 0.2) is 17.7 Å². The molecule has 140 valence electrons. The highest BCUT2D eigenvalue weighted by molar-refractivity contribution is 7.88. The molecule has 0 amide bonds. The van der Waals surface area contributed by atoms with Gasteiger partial charge in [-0.1, -0.05) is 44.0 Å². The van der Waals surface area contributed by atoms with Gasteiger partial charge in [-0.3, -0.25) is 0 Å². The van der Waals surface area contributed by atoms with E-state index in [1.54, 1.807) is 20.8 Å². The summed E-state index contributed by atoms with van der Waals surface area (Å²) in [5.41, 5.74) is -6.36. The smallest absolute Gasteiger partial charge is 0.478 e. The average molecular weight is 421 g/mol. The van der Waals surface area contributed by atoms with Gasteiger partial charge in [0.2, 0.25) is 0 Å². The Labute approximate surface area is 152 Å². The lowest BCUT2D eigenvalue weighted by atomic mass is 9.85. The molecular formula is C14H13Cl2F3O5S. The van der Waals surface area contributed by atoms with Crippen LogP contribution in [0.4, 0.5) is 13.2 Å². The molecule has 0 aliphatic heterocycles. The Bertz CT molecular complexity index is 824. The zero-order valence-electron chi connectivity index (χ0n) is 13.1. The highest BCUT2D eigenvalue weighted by Gasteiger charge is 2.48. The zero-order chi connectivity index (χ0) is 19.8. The van der Waals surface area contributed by atoms with E-state index < -0.39 is 37.8 Å². The van der Waals surface area contributed by atoms with E-state index in [-0.39, 0.29) is 16.2 Å². The molecule has 1 N–H and O–H groups in total. The first kappa shape index (κ1) is 21.6. The molecular weight excluding hydrogens is 408 g/mol. The molecule has 0 radical (unpaired) electrons. The second kappa shape index (κ2) is 7.05. The monoisotopic (exact) mass is 420 g/mol. The van der Waals surface area contributed by atoms with Crippen molar-refractivity contribution >= 4 is 45.4 Å². The van der Waals surface area contributed by atoms with Gasteiger partial charge in [-0.15, -0.1) is 0 Å². The molecule has 0 aliphatic carbocycles. The van der Waals surface area contributed by atoms with Crippen molar-refractivity contribution < 1.29 is 35.7 Å². The number of carbonyl (C=O) groups is 1. The van der Waals surface area contributed by atoms with Crippen LogP contribution in [0, 0.1) is 5.41 Å². The lowest BCUT2D eigenvalue weighted by Gasteiger charge is -2.20. The molecule has 0 atom stereocenters. The molecule has 1 aromatic carbocycles. The maximum atomic E-state index is 12.4. The standard InChI is InChI=1S/C14H13Cl2F3O5S/c1-13(2,3)8(12(20)21)6-7-4-5-9(11(16)10(7)15)24-25(22,23)14(17,18)19/h4-6H,1-3H3,(H,20,21). The van der Waals surface area contributed by atoms with Gasteiger partial charge < -0.3 is 9.29 Å². The fraction of sp³-hybridized carbons (Fsp3) is 0.357. The van der Waals surface area contributed by atoms with Gasteiger partial charge in [-0.2, -0.15) is 21.6 Å². The lowest BCUT2D eigenvalue weighted by molar-refractivity contribution is -0.133. The molecule has 25 heavy (non-hydrogen) atoms. The van der Waals surface area contributed by atoms with E-state index in [9.17, 15) is 31.5 Å². The van der Waals surface area contributed by atoms with Crippen molar-refractivity contribution in [2.24, 2.45) is 5.41 Å². The average Bonchev–Trinajstić information content (AvgIpc) is 2.40. The Morgan fingerprint density at radius 2 is 1.68 bits per heavy atom. The predicted molar refractivity (Wildman–Crippen MR) is 87.1 cm³/mol.